The van der Waals surface area contributed by atoms with Gasteiger partial charge in [0.05, 0.1) is 12.8 Å². The fraction of sp³-hybridized carbons (Fsp3) is 0.0625. The Morgan fingerprint density at radius 1 is 1.27 bits per heavy atom. The molecule has 0 bridgehead atoms. The number of anilines is 1. The number of halogens is 2. The van der Waals surface area contributed by atoms with Crippen molar-refractivity contribution >= 4 is 29.4 Å². The minimum absolute atomic E-state index is 0.363. The first-order chi connectivity index (χ1) is 10.6. The highest BCUT2D eigenvalue weighted by Crippen LogP contribution is 2.27. The SMILES string of the molecule is COc1ccc(Cl)cc1NC(=O)N/C=C/c1ccccc1F. The summed E-state index contributed by atoms with van der Waals surface area (Å²) in [6.45, 7) is 0. The number of hydrogen-bond donors (Lipinski definition) is 2. The molecule has 2 rings (SSSR count). The van der Waals surface area contributed by atoms with Gasteiger partial charge in [-0.25, -0.2) is 9.18 Å². The number of rotatable bonds is 4. The van der Waals surface area contributed by atoms with E-state index >= 15 is 0 Å². The van der Waals surface area contributed by atoms with E-state index in [0.717, 1.165) is 0 Å². The average molecular weight is 321 g/mol. The van der Waals surface area contributed by atoms with Crippen molar-refractivity contribution in [3.63, 3.8) is 0 Å². The molecule has 2 amide bonds. The van der Waals surface area contributed by atoms with Gasteiger partial charge in [0.1, 0.15) is 11.6 Å². The summed E-state index contributed by atoms with van der Waals surface area (Å²) in [7, 11) is 1.49. The summed E-state index contributed by atoms with van der Waals surface area (Å²) in [5.74, 6) is 0.120. The Morgan fingerprint density at radius 3 is 2.77 bits per heavy atom. The van der Waals surface area contributed by atoms with Crippen molar-refractivity contribution < 1.29 is 13.9 Å². The highest BCUT2D eigenvalue weighted by atomic mass is 35.5. The average Bonchev–Trinajstić information content (AvgIpc) is 2.49. The van der Waals surface area contributed by atoms with E-state index in [1.807, 2.05) is 0 Å². The highest BCUT2D eigenvalue weighted by molar-refractivity contribution is 6.31. The molecule has 0 aliphatic rings. The summed E-state index contributed by atoms with van der Waals surface area (Å²) in [6.07, 6.45) is 2.81. The van der Waals surface area contributed by atoms with Crippen molar-refractivity contribution in [2.45, 2.75) is 0 Å². The zero-order valence-electron chi connectivity index (χ0n) is 11.8. The van der Waals surface area contributed by atoms with Gasteiger partial charge in [0, 0.05) is 16.8 Å². The maximum absolute atomic E-state index is 13.4. The molecule has 0 fully saturated rings. The number of amides is 2. The molecule has 0 unspecified atom stereocenters. The normalized spacial score (nSPS) is 10.5. The predicted molar refractivity (Wildman–Crippen MR) is 85.6 cm³/mol. The van der Waals surface area contributed by atoms with Crippen LogP contribution in [0.5, 0.6) is 5.75 Å². The standard InChI is InChI=1S/C16H14ClFN2O2/c1-22-15-7-6-12(17)10-14(15)20-16(21)19-9-8-11-4-2-3-5-13(11)18/h2-10H,1H3,(H2,19,20,21)/b9-8+. The Hall–Kier alpha value is -2.53. The van der Waals surface area contributed by atoms with Gasteiger partial charge in [0.2, 0.25) is 0 Å². The maximum Gasteiger partial charge on any atom is 0.323 e. The van der Waals surface area contributed by atoms with Crippen molar-refractivity contribution in [1.82, 2.24) is 5.32 Å². The van der Waals surface area contributed by atoms with Crippen LogP contribution in [0.15, 0.2) is 48.7 Å². The molecule has 0 aromatic heterocycles. The number of methoxy groups -OCH3 is 1. The first-order valence-electron chi connectivity index (χ1n) is 6.42. The van der Waals surface area contributed by atoms with E-state index in [2.05, 4.69) is 10.6 Å². The summed E-state index contributed by atoms with van der Waals surface area (Å²) in [4.78, 5) is 11.8. The molecule has 4 nitrogen and oxygen atoms in total. The zero-order valence-corrected chi connectivity index (χ0v) is 12.5. The molecule has 0 aliphatic heterocycles. The smallest absolute Gasteiger partial charge is 0.323 e. The van der Waals surface area contributed by atoms with E-state index in [0.29, 0.717) is 22.0 Å². The van der Waals surface area contributed by atoms with Crippen LogP contribution in [-0.2, 0) is 0 Å². The largest absolute Gasteiger partial charge is 0.495 e. The molecule has 2 aromatic rings. The van der Waals surface area contributed by atoms with Crippen LogP contribution in [0.2, 0.25) is 5.02 Å². The summed E-state index contributed by atoms with van der Waals surface area (Å²) in [6, 6.07) is 10.6. The fourth-order valence-electron chi connectivity index (χ4n) is 1.75. The van der Waals surface area contributed by atoms with E-state index in [1.54, 1.807) is 36.4 Å². The molecule has 0 radical (unpaired) electrons. The maximum atomic E-state index is 13.4. The first-order valence-corrected chi connectivity index (χ1v) is 6.80. The quantitative estimate of drug-likeness (QED) is 0.883. The lowest BCUT2D eigenvalue weighted by Gasteiger charge is -2.10. The van der Waals surface area contributed by atoms with Crippen LogP contribution in [0, 0.1) is 5.82 Å². The van der Waals surface area contributed by atoms with Crippen LogP contribution in [0.1, 0.15) is 5.56 Å². The molecule has 0 aliphatic carbocycles. The van der Waals surface area contributed by atoms with Crippen molar-refractivity contribution in [1.29, 1.82) is 0 Å². The molecule has 2 aromatic carbocycles. The van der Waals surface area contributed by atoms with E-state index in [4.69, 9.17) is 16.3 Å². The summed E-state index contributed by atoms with van der Waals surface area (Å²) in [5.41, 5.74) is 0.815. The van der Waals surface area contributed by atoms with E-state index < -0.39 is 6.03 Å². The number of urea groups is 1. The van der Waals surface area contributed by atoms with Gasteiger partial charge in [-0.05, 0) is 30.3 Å². The van der Waals surface area contributed by atoms with Gasteiger partial charge in [0.15, 0.2) is 0 Å². The van der Waals surface area contributed by atoms with Crippen LogP contribution in [0.3, 0.4) is 0 Å². The molecule has 2 N–H and O–H groups in total. The van der Waals surface area contributed by atoms with E-state index in [-0.39, 0.29) is 5.82 Å². The third-order valence-electron chi connectivity index (χ3n) is 2.79. The third-order valence-corrected chi connectivity index (χ3v) is 3.03. The summed E-state index contributed by atoms with van der Waals surface area (Å²) < 4.78 is 18.5. The second-order valence-corrected chi connectivity index (χ2v) is 4.73. The van der Waals surface area contributed by atoms with Crippen molar-refractivity contribution in [3.8, 4) is 5.75 Å². The minimum Gasteiger partial charge on any atom is -0.495 e. The molecule has 0 atom stereocenters. The number of hydrogen-bond acceptors (Lipinski definition) is 2. The van der Waals surface area contributed by atoms with Crippen molar-refractivity contribution in [2.75, 3.05) is 12.4 Å². The highest BCUT2D eigenvalue weighted by Gasteiger charge is 2.07. The van der Waals surface area contributed by atoms with Crippen LogP contribution in [-0.4, -0.2) is 13.1 Å². The number of benzene rings is 2. The van der Waals surface area contributed by atoms with Crippen LogP contribution < -0.4 is 15.4 Å². The third kappa shape index (κ3) is 4.23. The van der Waals surface area contributed by atoms with Gasteiger partial charge in [-0.15, -0.1) is 0 Å². The van der Waals surface area contributed by atoms with Crippen LogP contribution >= 0.6 is 11.6 Å². The lowest BCUT2D eigenvalue weighted by Crippen LogP contribution is -2.24. The molecular weight excluding hydrogens is 307 g/mol. The second-order valence-electron chi connectivity index (χ2n) is 4.30. The number of carbonyl (C=O) groups is 1. The Labute approximate surface area is 132 Å². The molecule has 22 heavy (non-hydrogen) atoms. The number of carbonyl (C=O) groups excluding carboxylic acids is 1. The van der Waals surface area contributed by atoms with Gasteiger partial charge in [0.25, 0.3) is 0 Å². The van der Waals surface area contributed by atoms with Gasteiger partial charge in [-0.3, -0.25) is 0 Å². The number of nitrogens with one attached hydrogen (secondary N) is 2. The van der Waals surface area contributed by atoms with Gasteiger partial charge in [-0.1, -0.05) is 29.8 Å². The van der Waals surface area contributed by atoms with E-state index in [9.17, 15) is 9.18 Å². The molecular formula is C16H14ClFN2O2. The van der Waals surface area contributed by atoms with Crippen LogP contribution in [0.25, 0.3) is 6.08 Å². The summed E-state index contributed by atoms with van der Waals surface area (Å²) >= 11 is 5.88. The minimum atomic E-state index is -0.492. The lowest BCUT2D eigenvalue weighted by molar-refractivity contribution is 0.255. The molecule has 6 heteroatoms. The molecule has 114 valence electrons. The van der Waals surface area contributed by atoms with Gasteiger partial charge < -0.3 is 15.4 Å². The first kappa shape index (κ1) is 15.9. The lowest BCUT2D eigenvalue weighted by atomic mass is 10.2. The predicted octanol–water partition coefficient (Wildman–Crippen LogP) is 4.28. The Kier molecular flexibility index (Phi) is 5.38. The summed E-state index contributed by atoms with van der Waals surface area (Å²) in [5, 5.41) is 5.55. The second kappa shape index (κ2) is 7.47. The number of ether oxygens (including phenoxy) is 1. The van der Waals surface area contributed by atoms with Crippen molar-refractivity contribution in [2.24, 2.45) is 0 Å². The van der Waals surface area contributed by atoms with E-state index in [1.165, 1.54) is 25.5 Å². The molecule has 0 spiro atoms. The monoisotopic (exact) mass is 320 g/mol. The molecule has 0 saturated heterocycles. The topological polar surface area (TPSA) is 50.4 Å². The Balaban J connectivity index is 1.99. The van der Waals surface area contributed by atoms with Crippen molar-refractivity contribution in [3.05, 3.63) is 65.1 Å². The van der Waals surface area contributed by atoms with Gasteiger partial charge >= 0.3 is 6.03 Å². The Morgan fingerprint density at radius 2 is 2.05 bits per heavy atom. The van der Waals surface area contributed by atoms with Gasteiger partial charge in [-0.2, -0.15) is 0 Å². The molecule has 0 saturated carbocycles. The Bertz CT molecular complexity index is 704. The zero-order chi connectivity index (χ0) is 15.9. The molecule has 0 heterocycles. The van der Waals surface area contributed by atoms with Crippen LogP contribution in [0.4, 0.5) is 14.9 Å². The fourth-order valence-corrected chi connectivity index (χ4v) is 1.93.